The third kappa shape index (κ3) is 3.46. The smallest absolute Gasteiger partial charge is 0.216 e. The molecule has 1 fully saturated rings. The Bertz CT molecular complexity index is 831. The molecule has 1 aliphatic rings. The zero-order valence-electron chi connectivity index (χ0n) is 14.3. The molecule has 0 radical (unpaired) electrons. The molecule has 132 valence electrons. The fraction of sp³-hybridized carbons (Fsp3) is 0.588. The SMILES string of the molecule is CC(C)(C)S(=O)(=O)N[C@H]1CC[C@H](c2cc3c(Cl)nccc3[nH]2)CC1. The fourth-order valence-electron chi connectivity index (χ4n) is 3.18. The molecule has 7 heteroatoms. The lowest BCUT2D eigenvalue weighted by Crippen LogP contribution is -2.45. The van der Waals surface area contributed by atoms with E-state index in [0.29, 0.717) is 11.1 Å². The summed E-state index contributed by atoms with van der Waals surface area (Å²) >= 11 is 6.14. The molecule has 2 aromatic rings. The number of H-pyrrole nitrogens is 1. The molecule has 24 heavy (non-hydrogen) atoms. The second-order valence-corrected chi connectivity index (χ2v) is 10.4. The molecule has 0 amide bonds. The molecule has 3 rings (SSSR count). The lowest BCUT2D eigenvalue weighted by atomic mass is 9.84. The Labute approximate surface area is 148 Å². The number of aromatic nitrogens is 2. The topological polar surface area (TPSA) is 74.8 Å². The standard InChI is InChI=1S/C17H24ClN3O2S/c1-17(2,3)24(22,23)21-12-6-4-11(5-7-12)15-10-13-14(20-15)8-9-19-16(13)18/h8-12,20-21H,4-7H2,1-3H3/t11-,12-. The highest BCUT2D eigenvalue weighted by Gasteiger charge is 2.33. The molecule has 2 aromatic heterocycles. The van der Waals surface area contributed by atoms with E-state index in [2.05, 4.69) is 20.8 Å². The summed E-state index contributed by atoms with van der Waals surface area (Å²) in [6, 6.07) is 4.03. The number of fused-ring (bicyclic) bond motifs is 1. The number of rotatable bonds is 3. The number of aromatic amines is 1. The third-order valence-electron chi connectivity index (χ3n) is 4.82. The first-order chi connectivity index (χ1) is 11.2. The van der Waals surface area contributed by atoms with Gasteiger partial charge in [-0.25, -0.2) is 18.1 Å². The van der Waals surface area contributed by atoms with E-state index in [1.54, 1.807) is 27.0 Å². The van der Waals surface area contributed by atoms with Crippen molar-refractivity contribution in [2.75, 3.05) is 0 Å². The van der Waals surface area contributed by atoms with E-state index in [-0.39, 0.29) is 6.04 Å². The van der Waals surface area contributed by atoms with Gasteiger partial charge in [-0.15, -0.1) is 0 Å². The van der Waals surface area contributed by atoms with Crippen LogP contribution in [-0.4, -0.2) is 29.2 Å². The van der Waals surface area contributed by atoms with E-state index in [1.807, 2.05) is 6.07 Å². The Kier molecular flexibility index (Phi) is 4.66. The van der Waals surface area contributed by atoms with Gasteiger partial charge in [0.25, 0.3) is 0 Å². The Morgan fingerprint density at radius 1 is 1.25 bits per heavy atom. The maximum Gasteiger partial charge on any atom is 0.216 e. The minimum atomic E-state index is -3.29. The van der Waals surface area contributed by atoms with Crippen LogP contribution in [0.5, 0.6) is 0 Å². The van der Waals surface area contributed by atoms with Crippen molar-refractivity contribution < 1.29 is 8.42 Å². The summed E-state index contributed by atoms with van der Waals surface area (Å²) in [6.07, 6.45) is 5.30. The van der Waals surface area contributed by atoms with Crippen LogP contribution in [0, 0.1) is 0 Å². The summed E-state index contributed by atoms with van der Waals surface area (Å²) in [7, 11) is -3.29. The minimum Gasteiger partial charge on any atom is -0.358 e. The maximum absolute atomic E-state index is 12.3. The van der Waals surface area contributed by atoms with Gasteiger partial charge in [0, 0.05) is 23.3 Å². The van der Waals surface area contributed by atoms with Crippen LogP contribution in [0.3, 0.4) is 0 Å². The van der Waals surface area contributed by atoms with Gasteiger partial charge < -0.3 is 4.98 Å². The molecular formula is C17H24ClN3O2S. The van der Waals surface area contributed by atoms with Gasteiger partial charge in [0.1, 0.15) is 5.15 Å². The van der Waals surface area contributed by atoms with Crippen molar-refractivity contribution in [2.45, 2.75) is 63.2 Å². The van der Waals surface area contributed by atoms with E-state index in [9.17, 15) is 8.42 Å². The number of hydrogen-bond acceptors (Lipinski definition) is 3. The van der Waals surface area contributed by atoms with Crippen molar-refractivity contribution in [3.8, 4) is 0 Å². The fourth-order valence-corrected chi connectivity index (χ4v) is 4.42. The van der Waals surface area contributed by atoms with Gasteiger partial charge in [0.15, 0.2) is 0 Å². The second kappa shape index (κ2) is 6.32. The van der Waals surface area contributed by atoms with Crippen molar-refractivity contribution in [3.63, 3.8) is 0 Å². The van der Waals surface area contributed by atoms with E-state index >= 15 is 0 Å². The molecule has 2 heterocycles. The highest BCUT2D eigenvalue weighted by atomic mass is 35.5. The van der Waals surface area contributed by atoms with Gasteiger partial charge in [0.05, 0.1) is 10.3 Å². The van der Waals surface area contributed by atoms with Crippen molar-refractivity contribution >= 4 is 32.5 Å². The van der Waals surface area contributed by atoms with E-state index in [4.69, 9.17) is 11.6 Å². The van der Waals surface area contributed by atoms with Crippen LogP contribution in [0.25, 0.3) is 10.9 Å². The molecule has 0 unspecified atom stereocenters. The Morgan fingerprint density at radius 2 is 1.92 bits per heavy atom. The predicted molar refractivity (Wildman–Crippen MR) is 97.9 cm³/mol. The first-order valence-electron chi connectivity index (χ1n) is 8.32. The van der Waals surface area contributed by atoms with Gasteiger partial charge in [-0.3, -0.25) is 0 Å². The van der Waals surface area contributed by atoms with Crippen LogP contribution in [0.1, 0.15) is 58.1 Å². The van der Waals surface area contributed by atoms with Gasteiger partial charge in [-0.2, -0.15) is 0 Å². The summed E-state index contributed by atoms with van der Waals surface area (Å²) < 4.78 is 26.7. The Balaban J connectivity index is 1.67. The lowest BCUT2D eigenvalue weighted by molar-refractivity contribution is 0.368. The molecule has 0 aliphatic heterocycles. The minimum absolute atomic E-state index is 0.0279. The lowest BCUT2D eigenvalue weighted by Gasteiger charge is -2.31. The number of sulfonamides is 1. The van der Waals surface area contributed by atoms with Crippen LogP contribution in [0.2, 0.25) is 5.15 Å². The predicted octanol–water partition coefficient (Wildman–Crippen LogP) is 3.96. The normalized spacial score (nSPS) is 22.8. The zero-order chi connectivity index (χ0) is 17.5. The molecule has 1 aliphatic carbocycles. The summed E-state index contributed by atoms with van der Waals surface area (Å²) in [6.45, 7) is 5.18. The molecular weight excluding hydrogens is 346 g/mol. The number of pyridine rings is 1. The average Bonchev–Trinajstić information content (AvgIpc) is 2.92. The number of nitrogens with zero attached hydrogens (tertiary/aromatic N) is 1. The summed E-state index contributed by atoms with van der Waals surface area (Å²) in [4.78, 5) is 7.54. The maximum atomic E-state index is 12.3. The molecule has 0 aromatic carbocycles. The first kappa shape index (κ1) is 17.7. The largest absolute Gasteiger partial charge is 0.358 e. The zero-order valence-corrected chi connectivity index (χ0v) is 15.8. The van der Waals surface area contributed by atoms with Gasteiger partial charge in [-0.1, -0.05) is 11.6 Å². The highest BCUT2D eigenvalue weighted by molar-refractivity contribution is 7.90. The van der Waals surface area contributed by atoms with E-state index in [0.717, 1.165) is 42.3 Å². The first-order valence-corrected chi connectivity index (χ1v) is 10.2. The van der Waals surface area contributed by atoms with Crippen LogP contribution >= 0.6 is 11.6 Å². The highest BCUT2D eigenvalue weighted by Crippen LogP contribution is 2.35. The Morgan fingerprint density at radius 3 is 2.50 bits per heavy atom. The molecule has 0 saturated heterocycles. The van der Waals surface area contributed by atoms with Gasteiger partial charge in [-0.05, 0) is 64.5 Å². The number of nitrogens with one attached hydrogen (secondary N) is 2. The summed E-state index contributed by atoms with van der Waals surface area (Å²) in [5.41, 5.74) is 2.16. The number of hydrogen-bond donors (Lipinski definition) is 2. The van der Waals surface area contributed by atoms with Gasteiger partial charge in [0.2, 0.25) is 10.0 Å². The van der Waals surface area contributed by atoms with Crippen molar-refractivity contribution in [2.24, 2.45) is 0 Å². The molecule has 5 nitrogen and oxygen atoms in total. The van der Waals surface area contributed by atoms with E-state index in [1.165, 1.54) is 0 Å². The average molecular weight is 370 g/mol. The number of halogens is 1. The quantitative estimate of drug-likeness (QED) is 0.804. The molecule has 0 bridgehead atoms. The van der Waals surface area contributed by atoms with E-state index < -0.39 is 14.8 Å². The van der Waals surface area contributed by atoms with Crippen LogP contribution in [-0.2, 0) is 10.0 Å². The van der Waals surface area contributed by atoms with Crippen LogP contribution in [0.4, 0.5) is 0 Å². The van der Waals surface area contributed by atoms with Crippen molar-refractivity contribution in [1.82, 2.24) is 14.7 Å². The molecule has 2 N–H and O–H groups in total. The Hall–Kier alpha value is -1.11. The molecule has 0 spiro atoms. The molecule has 0 atom stereocenters. The third-order valence-corrected chi connectivity index (χ3v) is 7.37. The molecule has 1 saturated carbocycles. The second-order valence-electron chi connectivity index (χ2n) is 7.57. The van der Waals surface area contributed by atoms with Gasteiger partial charge >= 0.3 is 0 Å². The van der Waals surface area contributed by atoms with Crippen molar-refractivity contribution in [3.05, 3.63) is 29.2 Å². The monoisotopic (exact) mass is 369 g/mol. The van der Waals surface area contributed by atoms with Crippen molar-refractivity contribution in [1.29, 1.82) is 0 Å². The van der Waals surface area contributed by atoms with Crippen LogP contribution in [0.15, 0.2) is 18.3 Å². The summed E-state index contributed by atoms with van der Waals surface area (Å²) in [5, 5.41) is 1.46. The summed E-state index contributed by atoms with van der Waals surface area (Å²) in [5.74, 6) is 0.406. The van der Waals surface area contributed by atoms with Crippen LogP contribution < -0.4 is 4.72 Å².